The molecule has 2 rings (SSSR count). The van der Waals surface area contributed by atoms with Gasteiger partial charge in [0.25, 0.3) is 0 Å². The maximum absolute atomic E-state index is 14.0. The molecule has 0 saturated carbocycles. The van der Waals surface area contributed by atoms with Crippen LogP contribution in [-0.2, 0) is 0 Å². The Morgan fingerprint density at radius 1 is 1.37 bits per heavy atom. The Labute approximate surface area is 108 Å². The fourth-order valence-corrected chi connectivity index (χ4v) is 1.66. The monoisotopic (exact) mass is 262 g/mol. The number of hydrogen-bond donors (Lipinski definition) is 2. The van der Waals surface area contributed by atoms with Crippen molar-refractivity contribution in [2.45, 2.75) is 0 Å². The summed E-state index contributed by atoms with van der Waals surface area (Å²) in [5.74, 6) is -1.80. The van der Waals surface area contributed by atoms with Gasteiger partial charge in [0.2, 0.25) is 0 Å². The molecular weight excluding hydrogens is 251 g/mol. The molecule has 1 heterocycles. The molecule has 0 amide bonds. The number of nitrogen functional groups attached to an aromatic ring is 1. The van der Waals surface area contributed by atoms with Crippen molar-refractivity contribution >= 4 is 11.7 Å². The molecule has 0 atom stereocenters. The molecule has 0 aliphatic rings. The van der Waals surface area contributed by atoms with Crippen molar-refractivity contribution in [3.05, 3.63) is 41.8 Å². The third-order valence-electron chi connectivity index (χ3n) is 2.59. The van der Waals surface area contributed by atoms with Gasteiger partial charge in [-0.25, -0.2) is 14.2 Å². The zero-order valence-electron chi connectivity index (χ0n) is 10.1. The number of nitrogens with zero attached hydrogens (tertiary/aromatic N) is 1. The van der Waals surface area contributed by atoms with Crippen molar-refractivity contribution in [1.82, 2.24) is 4.98 Å². The van der Waals surface area contributed by atoms with E-state index in [0.29, 0.717) is 0 Å². The van der Waals surface area contributed by atoms with Crippen molar-refractivity contribution in [3.63, 3.8) is 0 Å². The predicted octanol–water partition coefficient (Wildman–Crippen LogP) is 2.18. The van der Waals surface area contributed by atoms with E-state index in [2.05, 4.69) is 4.98 Å². The number of halogens is 1. The normalized spacial score (nSPS) is 10.2. The zero-order chi connectivity index (χ0) is 14.0. The molecule has 0 aliphatic heterocycles. The van der Waals surface area contributed by atoms with Crippen LogP contribution in [0.2, 0.25) is 0 Å². The smallest absolute Gasteiger partial charge is 0.356 e. The molecule has 0 unspecified atom stereocenters. The third-order valence-corrected chi connectivity index (χ3v) is 2.59. The summed E-state index contributed by atoms with van der Waals surface area (Å²) >= 11 is 0. The maximum Gasteiger partial charge on any atom is 0.356 e. The number of carboxylic acids is 1. The van der Waals surface area contributed by atoms with Gasteiger partial charge in [0.15, 0.2) is 17.3 Å². The van der Waals surface area contributed by atoms with Gasteiger partial charge in [0.05, 0.1) is 18.5 Å². The van der Waals surface area contributed by atoms with Crippen LogP contribution in [-0.4, -0.2) is 23.2 Å². The van der Waals surface area contributed by atoms with Crippen molar-refractivity contribution in [1.29, 1.82) is 0 Å². The second-order valence-electron chi connectivity index (χ2n) is 3.76. The van der Waals surface area contributed by atoms with Gasteiger partial charge in [0.1, 0.15) is 0 Å². The average Bonchev–Trinajstić information content (AvgIpc) is 2.39. The summed E-state index contributed by atoms with van der Waals surface area (Å²) < 4.78 is 18.9. The number of ether oxygens (including phenoxy) is 1. The van der Waals surface area contributed by atoms with Gasteiger partial charge in [-0.3, -0.25) is 0 Å². The molecule has 5 nitrogen and oxygen atoms in total. The molecule has 2 aromatic rings. The first-order valence-corrected chi connectivity index (χ1v) is 5.37. The highest BCUT2D eigenvalue weighted by Gasteiger charge is 2.15. The second kappa shape index (κ2) is 4.93. The van der Waals surface area contributed by atoms with Crippen LogP contribution < -0.4 is 10.5 Å². The van der Waals surface area contributed by atoms with Crippen molar-refractivity contribution in [2.75, 3.05) is 12.8 Å². The van der Waals surface area contributed by atoms with E-state index < -0.39 is 11.8 Å². The van der Waals surface area contributed by atoms with Crippen LogP contribution in [0.1, 0.15) is 10.5 Å². The van der Waals surface area contributed by atoms with Gasteiger partial charge < -0.3 is 15.6 Å². The van der Waals surface area contributed by atoms with Crippen LogP contribution in [0, 0.1) is 5.82 Å². The molecule has 0 bridgehead atoms. The van der Waals surface area contributed by atoms with Crippen LogP contribution in [0.4, 0.5) is 10.1 Å². The number of pyridine rings is 1. The summed E-state index contributed by atoms with van der Waals surface area (Å²) in [5.41, 5.74) is 5.56. The first-order chi connectivity index (χ1) is 9.04. The minimum absolute atomic E-state index is 0.0274. The van der Waals surface area contributed by atoms with Crippen LogP contribution >= 0.6 is 0 Å². The molecule has 98 valence electrons. The topological polar surface area (TPSA) is 85.4 Å². The van der Waals surface area contributed by atoms with E-state index in [1.54, 1.807) is 6.07 Å². The van der Waals surface area contributed by atoms with Crippen molar-refractivity contribution < 1.29 is 19.0 Å². The van der Waals surface area contributed by atoms with E-state index in [1.807, 2.05) is 0 Å². The zero-order valence-corrected chi connectivity index (χ0v) is 10.1. The standard InChI is InChI=1S/C13H11FN2O3/c1-19-10-4-2-3-7(11(10)14)9-6-5-8(15)12(16-9)13(17)18/h2-6H,15H2,1H3,(H,17,18). The summed E-state index contributed by atoms with van der Waals surface area (Å²) in [6, 6.07) is 7.39. The molecule has 0 fully saturated rings. The molecule has 3 N–H and O–H groups in total. The van der Waals surface area contributed by atoms with Gasteiger partial charge >= 0.3 is 5.97 Å². The Balaban J connectivity index is 2.60. The van der Waals surface area contributed by atoms with Crippen LogP contribution in [0.15, 0.2) is 30.3 Å². The molecule has 0 radical (unpaired) electrons. The third kappa shape index (κ3) is 2.33. The summed E-state index contributed by atoms with van der Waals surface area (Å²) in [7, 11) is 1.35. The molecule has 19 heavy (non-hydrogen) atoms. The lowest BCUT2D eigenvalue weighted by Gasteiger charge is -2.08. The van der Waals surface area contributed by atoms with E-state index in [0.717, 1.165) is 0 Å². The molecular formula is C13H11FN2O3. The average molecular weight is 262 g/mol. The lowest BCUT2D eigenvalue weighted by molar-refractivity contribution is 0.0692. The highest BCUT2D eigenvalue weighted by atomic mass is 19.1. The highest BCUT2D eigenvalue weighted by molar-refractivity contribution is 5.92. The summed E-state index contributed by atoms with van der Waals surface area (Å²) in [6.07, 6.45) is 0. The van der Waals surface area contributed by atoms with E-state index in [1.165, 1.54) is 31.4 Å². The van der Waals surface area contributed by atoms with Gasteiger partial charge in [0, 0.05) is 5.56 Å². The van der Waals surface area contributed by atoms with Gasteiger partial charge in [-0.05, 0) is 24.3 Å². The Hall–Kier alpha value is -2.63. The second-order valence-corrected chi connectivity index (χ2v) is 3.76. The first kappa shape index (κ1) is 12.8. The van der Waals surface area contributed by atoms with Gasteiger partial charge in [-0.1, -0.05) is 6.07 Å². The largest absolute Gasteiger partial charge is 0.494 e. The quantitative estimate of drug-likeness (QED) is 0.885. The summed E-state index contributed by atoms with van der Waals surface area (Å²) in [6.45, 7) is 0. The molecule has 6 heteroatoms. The Morgan fingerprint density at radius 3 is 2.74 bits per heavy atom. The number of carboxylic acid groups (broad SMARTS) is 1. The number of methoxy groups -OCH3 is 1. The molecule has 0 saturated heterocycles. The van der Waals surface area contributed by atoms with Gasteiger partial charge in [-0.15, -0.1) is 0 Å². The highest BCUT2D eigenvalue weighted by Crippen LogP contribution is 2.28. The van der Waals surface area contributed by atoms with E-state index in [-0.39, 0.29) is 28.4 Å². The number of anilines is 1. The molecule has 0 spiro atoms. The first-order valence-electron chi connectivity index (χ1n) is 5.37. The number of benzene rings is 1. The van der Waals surface area contributed by atoms with Gasteiger partial charge in [-0.2, -0.15) is 0 Å². The fraction of sp³-hybridized carbons (Fsp3) is 0.0769. The number of carbonyl (C=O) groups is 1. The number of rotatable bonds is 3. The summed E-state index contributed by atoms with van der Waals surface area (Å²) in [4.78, 5) is 14.8. The maximum atomic E-state index is 14.0. The van der Waals surface area contributed by atoms with E-state index in [9.17, 15) is 9.18 Å². The number of aromatic nitrogens is 1. The number of nitrogens with two attached hydrogens (primary N) is 1. The SMILES string of the molecule is COc1cccc(-c2ccc(N)c(C(=O)O)n2)c1F. The fourth-order valence-electron chi connectivity index (χ4n) is 1.66. The predicted molar refractivity (Wildman–Crippen MR) is 67.6 cm³/mol. The number of hydrogen-bond acceptors (Lipinski definition) is 4. The van der Waals surface area contributed by atoms with Crippen molar-refractivity contribution in [3.8, 4) is 17.0 Å². The Kier molecular flexibility index (Phi) is 3.33. The minimum atomic E-state index is -1.26. The van der Waals surface area contributed by atoms with Crippen LogP contribution in [0.25, 0.3) is 11.3 Å². The number of aromatic carboxylic acids is 1. The molecule has 1 aromatic heterocycles. The van der Waals surface area contributed by atoms with Crippen LogP contribution in [0.3, 0.4) is 0 Å². The van der Waals surface area contributed by atoms with E-state index in [4.69, 9.17) is 15.6 Å². The minimum Gasteiger partial charge on any atom is -0.494 e. The lowest BCUT2D eigenvalue weighted by Crippen LogP contribution is -2.06. The van der Waals surface area contributed by atoms with Crippen molar-refractivity contribution in [2.24, 2.45) is 0 Å². The van der Waals surface area contributed by atoms with E-state index >= 15 is 0 Å². The Bertz CT molecular complexity index is 644. The summed E-state index contributed by atoms with van der Waals surface area (Å²) in [5, 5.41) is 8.95. The Morgan fingerprint density at radius 2 is 2.11 bits per heavy atom. The lowest BCUT2D eigenvalue weighted by atomic mass is 10.1. The van der Waals surface area contributed by atoms with Crippen LogP contribution in [0.5, 0.6) is 5.75 Å². The molecule has 0 aliphatic carbocycles. The molecule has 1 aromatic carbocycles.